The molecule has 0 saturated heterocycles. The van der Waals surface area contributed by atoms with E-state index in [1.807, 2.05) is 0 Å². The highest BCUT2D eigenvalue weighted by Crippen LogP contribution is 2.30. The predicted molar refractivity (Wildman–Crippen MR) is 59.8 cm³/mol. The summed E-state index contributed by atoms with van der Waals surface area (Å²) in [7, 11) is 0. The molecule has 0 aliphatic heterocycles. The van der Waals surface area contributed by atoms with E-state index in [9.17, 15) is 13.2 Å². The van der Waals surface area contributed by atoms with Crippen molar-refractivity contribution in [2.24, 2.45) is 5.73 Å². The molecule has 1 aromatic rings. The molecule has 0 bridgehead atoms. The van der Waals surface area contributed by atoms with Crippen LogP contribution in [0.3, 0.4) is 0 Å². The van der Waals surface area contributed by atoms with Gasteiger partial charge >= 0.3 is 6.18 Å². The van der Waals surface area contributed by atoms with Gasteiger partial charge in [0.05, 0.1) is 12.2 Å². The number of hydrogen-bond donors (Lipinski definition) is 1. The summed E-state index contributed by atoms with van der Waals surface area (Å²) in [5.74, 6) is 0.464. The number of rotatable bonds is 6. The molecule has 0 fully saturated rings. The number of ether oxygens (including phenoxy) is 1. The number of nitrogens with two attached hydrogens (primary N) is 1. The highest BCUT2D eigenvalue weighted by Gasteiger charge is 2.29. The SMILES string of the molecule is NCCCCCOc1ccc(C(F)(F)F)cc1. The van der Waals surface area contributed by atoms with E-state index in [1.54, 1.807) is 0 Å². The first-order chi connectivity index (χ1) is 8.04. The molecule has 0 spiro atoms. The lowest BCUT2D eigenvalue weighted by Gasteiger charge is -2.09. The monoisotopic (exact) mass is 247 g/mol. The van der Waals surface area contributed by atoms with Crippen LogP contribution in [0.15, 0.2) is 24.3 Å². The maximum atomic E-state index is 12.3. The molecule has 0 aromatic heterocycles. The summed E-state index contributed by atoms with van der Waals surface area (Å²) in [5, 5.41) is 0. The average Bonchev–Trinajstić information content (AvgIpc) is 2.28. The molecule has 2 N–H and O–H groups in total. The lowest BCUT2D eigenvalue weighted by molar-refractivity contribution is -0.137. The van der Waals surface area contributed by atoms with Gasteiger partial charge in [0.2, 0.25) is 0 Å². The highest BCUT2D eigenvalue weighted by atomic mass is 19.4. The molecule has 0 aliphatic rings. The quantitative estimate of drug-likeness (QED) is 0.783. The Labute approximate surface area is 98.6 Å². The number of alkyl halides is 3. The first kappa shape index (κ1) is 13.8. The average molecular weight is 247 g/mol. The summed E-state index contributed by atoms with van der Waals surface area (Å²) in [6, 6.07) is 4.72. The van der Waals surface area contributed by atoms with Crippen molar-refractivity contribution in [3.63, 3.8) is 0 Å². The second-order valence-corrected chi connectivity index (χ2v) is 3.72. The summed E-state index contributed by atoms with van der Waals surface area (Å²) in [6.07, 6.45) is -1.52. The van der Waals surface area contributed by atoms with E-state index in [4.69, 9.17) is 10.5 Å². The molecule has 0 heterocycles. The van der Waals surface area contributed by atoms with E-state index in [2.05, 4.69) is 0 Å². The van der Waals surface area contributed by atoms with Gasteiger partial charge in [0.25, 0.3) is 0 Å². The molecule has 0 radical (unpaired) electrons. The molecule has 5 heteroatoms. The van der Waals surface area contributed by atoms with E-state index >= 15 is 0 Å². The fourth-order valence-corrected chi connectivity index (χ4v) is 1.35. The Morgan fingerprint density at radius 3 is 2.18 bits per heavy atom. The Hall–Kier alpha value is -1.23. The van der Waals surface area contributed by atoms with Crippen LogP contribution in [0.25, 0.3) is 0 Å². The lowest BCUT2D eigenvalue weighted by atomic mass is 10.2. The Balaban J connectivity index is 2.36. The first-order valence-electron chi connectivity index (χ1n) is 5.54. The molecule has 96 valence electrons. The van der Waals surface area contributed by atoms with Gasteiger partial charge in [0, 0.05) is 0 Å². The Kier molecular flexibility index (Phi) is 5.28. The van der Waals surface area contributed by atoms with Gasteiger partial charge in [-0.05, 0) is 50.1 Å². The van der Waals surface area contributed by atoms with Crippen molar-refractivity contribution in [2.75, 3.05) is 13.2 Å². The van der Waals surface area contributed by atoms with E-state index in [0.29, 0.717) is 18.9 Å². The molecule has 1 aromatic carbocycles. The summed E-state index contributed by atoms with van der Waals surface area (Å²) in [6.45, 7) is 1.16. The second-order valence-electron chi connectivity index (χ2n) is 3.72. The molecule has 1 rings (SSSR count). The molecule has 0 unspecified atom stereocenters. The minimum atomic E-state index is -4.29. The Morgan fingerprint density at radius 1 is 1.00 bits per heavy atom. The van der Waals surface area contributed by atoms with Crippen LogP contribution in [-0.4, -0.2) is 13.2 Å². The Bertz CT molecular complexity index is 322. The Morgan fingerprint density at radius 2 is 1.65 bits per heavy atom. The largest absolute Gasteiger partial charge is 0.494 e. The zero-order valence-corrected chi connectivity index (χ0v) is 9.46. The third-order valence-electron chi connectivity index (χ3n) is 2.30. The van der Waals surface area contributed by atoms with E-state index < -0.39 is 11.7 Å². The topological polar surface area (TPSA) is 35.2 Å². The number of unbranched alkanes of at least 4 members (excludes halogenated alkanes) is 2. The third-order valence-corrected chi connectivity index (χ3v) is 2.30. The zero-order valence-electron chi connectivity index (χ0n) is 9.46. The lowest BCUT2D eigenvalue weighted by Crippen LogP contribution is -2.05. The van der Waals surface area contributed by atoms with Gasteiger partial charge in [-0.15, -0.1) is 0 Å². The minimum Gasteiger partial charge on any atom is -0.494 e. The van der Waals surface area contributed by atoms with Crippen molar-refractivity contribution < 1.29 is 17.9 Å². The van der Waals surface area contributed by atoms with Crippen LogP contribution >= 0.6 is 0 Å². The van der Waals surface area contributed by atoms with Crippen molar-refractivity contribution in [3.05, 3.63) is 29.8 Å². The summed E-state index contributed by atoms with van der Waals surface area (Å²) in [5.41, 5.74) is 4.67. The summed E-state index contributed by atoms with van der Waals surface area (Å²) >= 11 is 0. The molecular weight excluding hydrogens is 231 g/mol. The molecule has 2 nitrogen and oxygen atoms in total. The third kappa shape index (κ3) is 5.08. The predicted octanol–water partition coefficient (Wildman–Crippen LogP) is 3.21. The van der Waals surface area contributed by atoms with Gasteiger partial charge < -0.3 is 10.5 Å². The van der Waals surface area contributed by atoms with Gasteiger partial charge in [-0.1, -0.05) is 0 Å². The highest BCUT2D eigenvalue weighted by molar-refractivity contribution is 5.28. The van der Waals surface area contributed by atoms with Gasteiger partial charge in [-0.25, -0.2) is 0 Å². The first-order valence-corrected chi connectivity index (χ1v) is 5.54. The van der Waals surface area contributed by atoms with Gasteiger partial charge in [0.1, 0.15) is 5.75 Å². The van der Waals surface area contributed by atoms with Crippen LogP contribution in [0, 0.1) is 0 Å². The van der Waals surface area contributed by atoms with Crippen LogP contribution in [-0.2, 0) is 6.18 Å². The molecule has 0 saturated carbocycles. The standard InChI is InChI=1S/C12H16F3NO/c13-12(14,15)10-4-6-11(7-5-10)17-9-3-1-2-8-16/h4-7H,1-3,8-9,16H2. The van der Waals surface area contributed by atoms with Crippen LogP contribution in [0.1, 0.15) is 24.8 Å². The maximum Gasteiger partial charge on any atom is 0.416 e. The van der Waals surface area contributed by atoms with E-state index in [1.165, 1.54) is 12.1 Å². The van der Waals surface area contributed by atoms with Crippen molar-refractivity contribution >= 4 is 0 Å². The second kappa shape index (κ2) is 6.49. The van der Waals surface area contributed by atoms with E-state index in [-0.39, 0.29) is 0 Å². The van der Waals surface area contributed by atoms with Crippen LogP contribution < -0.4 is 10.5 Å². The van der Waals surface area contributed by atoms with Gasteiger partial charge in [0.15, 0.2) is 0 Å². The van der Waals surface area contributed by atoms with Crippen LogP contribution in [0.4, 0.5) is 13.2 Å². The van der Waals surface area contributed by atoms with Crippen LogP contribution in [0.2, 0.25) is 0 Å². The minimum absolute atomic E-state index is 0.464. The fourth-order valence-electron chi connectivity index (χ4n) is 1.35. The molecule has 17 heavy (non-hydrogen) atoms. The maximum absolute atomic E-state index is 12.3. The number of hydrogen-bond acceptors (Lipinski definition) is 2. The molecule has 0 aliphatic carbocycles. The molecule has 0 amide bonds. The van der Waals surface area contributed by atoms with E-state index in [0.717, 1.165) is 31.4 Å². The number of benzene rings is 1. The van der Waals surface area contributed by atoms with Crippen molar-refractivity contribution in [2.45, 2.75) is 25.4 Å². The summed E-state index contributed by atoms with van der Waals surface area (Å²) in [4.78, 5) is 0. The molecular formula is C12H16F3NO. The fraction of sp³-hybridized carbons (Fsp3) is 0.500. The van der Waals surface area contributed by atoms with Gasteiger partial charge in [-0.3, -0.25) is 0 Å². The van der Waals surface area contributed by atoms with Crippen LogP contribution in [0.5, 0.6) is 5.75 Å². The summed E-state index contributed by atoms with van der Waals surface area (Å²) < 4.78 is 42.1. The van der Waals surface area contributed by atoms with Crippen molar-refractivity contribution in [1.82, 2.24) is 0 Å². The smallest absolute Gasteiger partial charge is 0.416 e. The van der Waals surface area contributed by atoms with Crippen molar-refractivity contribution in [1.29, 1.82) is 0 Å². The van der Waals surface area contributed by atoms with Crippen molar-refractivity contribution in [3.8, 4) is 5.75 Å². The van der Waals surface area contributed by atoms with Gasteiger partial charge in [-0.2, -0.15) is 13.2 Å². The zero-order chi connectivity index (χ0) is 12.7. The normalized spacial score (nSPS) is 11.5. The molecule has 0 atom stereocenters. The number of halogens is 3.